The Labute approximate surface area is 251 Å². The van der Waals surface area contributed by atoms with Gasteiger partial charge in [-0.05, 0) is 70.4 Å². The molecule has 2 fully saturated rings. The predicted octanol–water partition coefficient (Wildman–Crippen LogP) is 6.24. The van der Waals surface area contributed by atoms with Crippen LogP contribution in [0.4, 0.5) is 10.1 Å². The number of Topliss-reactive ketones (excluding diaryl/α,β-unsaturated/α-hetero) is 1. The van der Waals surface area contributed by atoms with E-state index in [2.05, 4.69) is 4.90 Å². The number of nitrogens with zero attached hydrogens (tertiary/aromatic N) is 3. The molecular formula is C30H25ClFN3O4S2. The fraction of sp³-hybridized carbons (Fsp3) is 0.233. The highest BCUT2D eigenvalue weighted by atomic mass is 35.5. The van der Waals surface area contributed by atoms with E-state index in [1.807, 2.05) is 22.9 Å². The third-order valence-electron chi connectivity index (χ3n) is 7.43. The summed E-state index contributed by atoms with van der Waals surface area (Å²) >= 11 is 12.6. The normalized spacial score (nSPS) is 21.3. The van der Waals surface area contributed by atoms with E-state index < -0.39 is 17.4 Å². The van der Waals surface area contributed by atoms with Gasteiger partial charge in [-0.2, -0.15) is 11.3 Å². The number of aromatic nitrogens is 1. The van der Waals surface area contributed by atoms with Crippen molar-refractivity contribution in [3.05, 3.63) is 105 Å². The molecule has 7 nitrogen and oxygen atoms in total. The number of pyridine rings is 1. The van der Waals surface area contributed by atoms with Crippen LogP contribution in [0.3, 0.4) is 0 Å². The van der Waals surface area contributed by atoms with Gasteiger partial charge in [0.2, 0.25) is 11.8 Å². The van der Waals surface area contributed by atoms with Crippen molar-refractivity contribution in [2.24, 2.45) is 0 Å². The first kappa shape index (κ1) is 27.7. The van der Waals surface area contributed by atoms with E-state index in [1.165, 1.54) is 39.9 Å². The quantitative estimate of drug-likeness (QED) is 0.206. The maximum absolute atomic E-state index is 14.0. The van der Waals surface area contributed by atoms with Gasteiger partial charge < -0.3 is 14.4 Å². The molecule has 41 heavy (non-hydrogen) atoms. The minimum Gasteiger partial charge on any atom is -0.437 e. The molecule has 0 radical (unpaired) electrons. The Morgan fingerprint density at radius 2 is 1.80 bits per heavy atom. The predicted molar refractivity (Wildman–Crippen MR) is 158 cm³/mol. The van der Waals surface area contributed by atoms with Crippen molar-refractivity contribution in [3.8, 4) is 11.6 Å². The molecule has 6 rings (SSSR count). The zero-order chi connectivity index (χ0) is 28.6. The van der Waals surface area contributed by atoms with Gasteiger partial charge in [-0.3, -0.25) is 13.9 Å². The number of ketones is 1. The molecule has 4 heterocycles. The minimum atomic E-state index is -1.31. The average molecular weight is 610 g/mol. The summed E-state index contributed by atoms with van der Waals surface area (Å²) in [5, 5.41) is 4.11. The van der Waals surface area contributed by atoms with Gasteiger partial charge in [0.15, 0.2) is 5.78 Å². The number of hydrogen-bond donors (Lipinski definition) is 1. The van der Waals surface area contributed by atoms with Crippen molar-refractivity contribution in [2.75, 3.05) is 31.2 Å². The summed E-state index contributed by atoms with van der Waals surface area (Å²) in [6.07, 6.45) is -0.0747. The number of thiol groups is 1. The molecule has 0 spiro atoms. The first-order valence-electron chi connectivity index (χ1n) is 13.0. The van der Waals surface area contributed by atoms with Crippen molar-refractivity contribution >= 4 is 53.1 Å². The highest BCUT2D eigenvalue weighted by Crippen LogP contribution is 2.49. The number of benzene rings is 2. The number of rotatable bonds is 6. The molecular weight excluding hydrogens is 585 g/mol. The number of anilines is 1. The number of carbonyl (C=O) groups excluding carboxylic acids is 2. The average Bonchev–Trinajstić information content (AvgIpc) is 3.53. The summed E-state index contributed by atoms with van der Waals surface area (Å²) < 4.78 is 26.7. The summed E-state index contributed by atoms with van der Waals surface area (Å²) in [7, 11) is 0. The van der Waals surface area contributed by atoms with E-state index in [9.17, 15) is 14.0 Å². The lowest BCUT2D eigenvalue weighted by Crippen LogP contribution is -2.54. The zero-order valence-corrected chi connectivity index (χ0v) is 24.2. The Morgan fingerprint density at radius 1 is 1.05 bits per heavy atom. The van der Waals surface area contributed by atoms with Crippen molar-refractivity contribution in [2.45, 2.75) is 17.9 Å². The van der Waals surface area contributed by atoms with Gasteiger partial charge in [0, 0.05) is 24.5 Å². The van der Waals surface area contributed by atoms with Gasteiger partial charge in [0.1, 0.15) is 28.7 Å². The largest absolute Gasteiger partial charge is 0.437 e. The Morgan fingerprint density at radius 3 is 2.51 bits per heavy atom. The molecule has 2 aliphatic heterocycles. The van der Waals surface area contributed by atoms with E-state index in [4.69, 9.17) is 38.9 Å². The van der Waals surface area contributed by atoms with Gasteiger partial charge in [0.05, 0.1) is 18.9 Å². The van der Waals surface area contributed by atoms with Crippen LogP contribution in [0.25, 0.3) is 0 Å². The topological polar surface area (TPSA) is 72.0 Å². The van der Waals surface area contributed by atoms with Gasteiger partial charge in [-0.25, -0.2) is 9.37 Å². The third kappa shape index (κ3) is 5.10. The zero-order valence-electron chi connectivity index (χ0n) is 21.7. The first-order valence-corrected chi connectivity index (χ1v) is 14.7. The van der Waals surface area contributed by atoms with Crippen LogP contribution >= 0.6 is 35.8 Å². The lowest BCUT2D eigenvalue weighted by molar-refractivity contribution is -0.142. The molecule has 2 aromatic heterocycles. The SMILES string of the molecule is O=C1CC(c2ccsc2)(c2ccc(N3CCOCC3)c(Oc3ccc(F)cc3)n2)N(S)C(=O)C1c1ccccc1Cl. The van der Waals surface area contributed by atoms with Crippen molar-refractivity contribution in [1.29, 1.82) is 0 Å². The standard InChI is InChI=1S/C30H25ClFN3O4S2/c31-23-4-2-1-3-22(23)27-25(36)17-30(35(40)29(27)37,19-11-16-41-18-19)26-10-9-24(34-12-14-38-15-13-34)28(33-26)39-21-7-5-20(32)6-8-21/h1-11,16,18,27,40H,12-15,17H2. The van der Waals surface area contributed by atoms with Crippen molar-refractivity contribution in [1.82, 2.24) is 9.29 Å². The number of hydrogen-bond acceptors (Lipinski definition) is 8. The lowest BCUT2D eigenvalue weighted by Gasteiger charge is -2.45. The van der Waals surface area contributed by atoms with Crippen molar-refractivity contribution in [3.63, 3.8) is 0 Å². The molecule has 210 valence electrons. The molecule has 0 saturated carbocycles. The van der Waals surface area contributed by atoms with Crippen LogP contribution in [0.1, 0.15) is 29.2 Å². The maximum Gasteiger partial charge on any atom is 0.248 e. The summed E-state index contributed by atoms with van der Waals surface area (Å²) in [6, 6.07) is 18.0. The number of carbonyl (C=O) groups is 2. The van der Waals surface area contributed by atoms with E-state index >= 15 is 0 Å². The van der Waals surface area contributed by atoms with Gasteiger partial charge >= 0.3 is 0 Å². The second-order valence-corrected chi connectivity index (χ2v) is 11.4. The molecule has 0 bridgehead atoms. The Bertz CT molecular complexity index is 1580. The number of piperidine rings is 1. The molecule has 0 N–H and O–H groups in total. The minimum absolute atomic E-state index is 0.0747. The number of ether oxygens (including phenoxy) is 2. The summed E-state index contributed by atoms with van der Waals surface area (Å²) in [6.45, 7) is 2.36. The lowest BCUT2D eigenvalue weighted by atomic mass is 9.74. The molecule has 2 unspecified atom stereocenters. The van der Waals surface area contributed by atoms with Crippen LogP contribution in [0, 0.1) is 5.82 Å². The Hall–Kier alpha value is -3.44. The van der Waals surface area contributed by atoms with E-state index in [-0.39, 0.29) is 23.9 Å². The molecule has 2 atom stereocenters. The second-order valence-electron chi connectivity index (χ2n) is 9.80. The van der Waals surface area contributed by atoms with Crippen LogP contribution in [0.5, 0.6) is 11.6 Å². The van der Waals surface area contributed by atoms with Crippen molar-refractivity contribution < 1.29 is 23.5 Å². The van der Waals surface area contributed by atoms with Crippen LogP contribution < -0.4 is 9.64 Å². The maximum atomic E-state index is 14.0. The number of thiophene rings is 1. The number of morpholine rings is 1. The third-order valence-corrected chi connectivity index (χ3v) is 8.99. The van der Waals surface area contributed by atoms with Crippen LogP contribution in [-0.2, 0) is 19.9 Å². The molecule has 0 aliphatic carbocycles. The van der Waals surface area contributed by atoms with Crippen LogP contribution in [-0.4, -0.2) is 47.3 Å². The Kier molecular flexibility index (Phi) is 7.74. The molecule has 11 heteroatoms. The van der Waals surface area contributed by atoms with E-state index in [1.54, 1.807) is 30.3 Å². The monoisotopic (exact) mass is 609 g/mol. The first-order chi connectivity index (χ1) is 19.9. The highest BCUT2D eigenvalue weighted by Gasteiger charge is 2.54. The fourth-order valence-corrected chi connectivity index (χ4v) is 6.73. The van der Waals surface area contributed by atoms with Gasteiger partial charge in [-0.1, -0.05) is 42.6 Å². The molecule has 2 aromatic carbocycles. The van der Waals surface area contributed by atoms with Gasteiger partial charge in [0.25, 0.3) is 0 Å². The van der Waals surface area contributed by atoms with Crippen LogP contribution in [0.2, 0.25) is 5.02 Å². The van der Waals surface area contributed by atoms with Gasteiger partial charge in [-0.15, -0.1) is 0 Å². The fourth-order valence-electron chi connectivity index (χ4n) is 5.36. The Balaban J connectivity index is 1.47. The smallest absolute Gasteiger partial charge is 0.248 e. The molecule has 1 amide bonds. The van der Waals surface area contributed by atoms with E-state index in [0.29, 0.717) is 53.9 Å². The van der Waals surface area contributed by atoms with E-state index in [0.717, 1.165) is 5.69 Å². The second kappa shape index (κ2) is 11.4. The highest BCUT2D eigenvalue weighted by molar-refractivity contribution is 7.78. The summed E-state index contributed by atoms with van der Waals surface area (Å²) in [5.74, 6) is -1.60. The van der Waals surface area contributed by atoms with Crippen LogP contribution in [0.15, 0.2) is 77.5 Å². The number of amides is 1. The summed E-state index contributed by atoms with van der Waals surface area (Å²) in [4.78, 5) is 34.8. The summed E-state index contributed by atoms with van der Waals surface area (Å²) in [5.41, 5.74) is 0.975. The molecule has 2 aliphatic rings. The molecule has 4 aromatic rings. The molecule has 2 saturated heterocycles. The number of halogens is 2.